The van der Waals surface area contributed by atoms with E-state index in [1.807, 2.05) is 79.7 Å². The van der Waals surface area contributed by atoms with Crippen LogP contribution in [0.25, 0.3) is 10.2 Å². The molecule has 0 unspecified atom stereocenters. The van der Waals surface area contributed by atoms with Crippen LogP contribution >= 0.6 is 23.1 Å². The van der Waals surface area contributed by atoms with Gasteiger partial charge in [0.1, 0.15) is 0 Å². The number of nitrogens with one attached hydrogen (secondary N) is 1. The van der Waals surface area contributed by atoms with Crippen LogP contribution in [-0.4, -0.2) is 16.6 Å². The summed E-state index contributed by atoms with van der Waals surface area (Å²) < 4.78 is 2.26. The van der Waals surface area contributed by atoms with E-state index in [9.17, 15) is 4.79 Å². The molecule has 1 aromatic heterocycles. The Kier molecular flexibility index (Phi) is 6.57. The average Bonchev–Trinajstić information content (AvgIpc) is 3.22. The highest BCUT2D eigenvalue weighted by Crippen LogP contribution is 2.31. The molecular weight excluding hydrogens is 410 g/mol. The molecule has 0 fully saturated rings. The van der Waals surface area contributed by atoms with Crippen LogP contribution < -0.4 is 5.43 Å². The monoisotopic (exact) mass is 431 g/mol. The maximum absolute atomic E-state index is 12.5. The Morgan fingerprint density at radius 2 is 1.70 bits per heavy atom. The van der Waals surface area contributed by atoms with Gasteiger partial charge in [0.15, 0.2) is 4.34 Å². The van der Waals surface area contributed by atoms with Gasteiger partial charge in [0, 0.05) is 11.3 Å². The van der Waals surface area contributed by atoms with Crippen LogP contribution in [0, 0.1) is 0 Å². The molecule has 0 bridgehead atoms. The Bertz CT molecular complexity index is 1140. The number of carbonyl (C=O) groups excluding carboxylic acids is 1. The Hall–Kier alpha value is -2.96. The lowest BCUT2D eigenvalue weighted by Crippen LogP contribution is -2.20. The summed E-state index contributed by atoms with van der Waals surface area (Å²) in [6.07, 6.45) is 0.742. The van der Waals surface area contributed by atoms with E-state index in [0.29, 0.717) is 5.56 Å². The van der Waals surface area contributed by atoms with E-state index in [1.165, 1.54) is 4.70 Å². The first-order valence-electron chi connectivity index (χ1n) is 9.72. The zero-order valence-corrected chi connectivity index (χ0v) is 18.2. The number of thiazole rings is 1. The summed E-state index contributed by atoms with van der Waals surface area (Å²) in [5.41, 5.74) is 7.33. The Labute approximate surface area is 184 Å². The van der Waals surface area contributed by atoms with Crippen LogP contribution in [0.2, 0.25) is 0 Å². The number of nitrogens with zero attached hydrogens (tertiary/aromatic N) is 2. The lowest BCUT2D eigenvalue weighted by molar-refractivity contribution is 0.0955. The average molecular weight is 432 g/mol. The second kappa shape index (κ2) is 9.69. The van der Waals surface area contributed by atoms with Gasteiger partial charge in [-0.2, -0.15) is 5.10 Å². The molecular formula is C24H21N3OS2. The van der Waals surface area contributed by atoms with Crippen LogP contribution in [-0.2, 0) is 5.75 Å². The van der Waals surface area contributed by atoms with Crippen LogP contribution in [0.15, 0.2) is 88.3 Å². The molecule has 0 saturated carbocycles. The fraction of sp³-hybridized carbons (Fsp3) is 0.125. The number of para-hydroxylation sites is 1. The molecule has 1 N–H and O–H groups in total. The van der Waals surface area contributed by atoms with Gasteiger partial charge in [-0.1, -0.05) is 73.3 Å². The predicted molar refractivity (Wildman–Crippen MR) is 126 cm³/mol. The van der Waals surface area contributed by atoms with Gasteiger partial charge in [0.25, 0.3) is 5.91 Å². The molecule has 4 aromatic rings. The molecule has 0 aliphatic carbocycles. The highest BCUT2D eigenvalue weighted by atomic mass is 32.2. The van der Waals surface area contributed by atoms with Crippen molar-refractivity contribution in [2.45, 2.75) is 23.4 Å². The SMILES string of the molecule is CC/C(=N\NC(=O)c1ccc(CSc2nc3ccccc3s2)cc1)c1ccccc1. The van der Waals surface area contributed by atoms with Crippen molar-refractivity contribution in [1.29, 1.82) is 0 Å². The topological polar surface area (TPSA) is 54.4 Å². The molecule has 1 heterocycles. The van der Waals surface area contributed by atoms with Crippen molar-refractivity contribution < 1.29 is 4.79 Å². The Balaban J connectivity index is 1.36. The molecule has 3 aromatic carbocycles. The van der Waals surface area contributed by atoms with E-state index >= 15 is 0 Å². The van der Waals surface area contributed by atoms with E-state index in [1.54, 1.807) is 23.1 Å². The summed E-state index contributed by atoms with van der Waals surface area (Å²) in [6.45, 7) is 2.02. The first-order chi connectivity index (χ1) is 14.7. The second-order valence-electron chi connectivity index (χ2n) is 6.65. The van der Waals surface area contributed by atoms with Crippen LogP contribution in [0.5, 0.6) is 0 Å². The lowest BCUT2D eigenvalue weighted by atomic mass is 10.1. The van der Waals surface area contributed by atoms with Gasteiger partial charge in [-0.15, -0.1) is 11.3 Å². The molecule has 4 rings (SSSR count). The fourth-order valence-corrected chi connectivity index (χ4v) is 5.00. The number of hydrogen-bond donors (Lipinski definition) is 1. The molecule has 0 aliphatic rings. The van der Waals surface area contributed by atoms with E-state index in [2.05, 4.69) is 21.6 Å². The predicted octanol–water partition coefficient (Wildman–Crippen LogP) is 6.13. The highest BCUT2D eigenvalue weighted by Gasteiger charge is 2.08. The molecule has 0 spiro atoms. The molecule has 1 amide bonds. The molecule has 150 valence electrons. The van der Waals surface area contributed by atoms with E-state index < -0.39 is 0 Å². The number of carbonyl (C=O) groups is 1. The number of hydrogen-bond acceptors (Lipinski definition) is 5. The summed E-state index contributed by atoms with van der Waals surface area (Å²) >= 11 is 3.42. The molecule has 30 heavy (non-hydrogen) atoms. The number of fused-ring (bicyclic) bond motifs is 1. The Morgan fingerprint density at radius 3 is 2.43 bits per heavy atom. The van der Waals surface area contributed by atoms with Crippen molar-refractivity contribution >= 4 is 44.9 Å². The van der Waals surface area contributed by atoms with Crippen molar-refractivity contribution in [2.24, 2.45) is 5.10 Å². The first-order valence-corrected chi connectivity index (χ1v) is 11.5. The third kappa shape index (κ3) is 4.96. The standard InChI is InChI=1S/C24H21N3OS2/c1-2-20(18-8-4-3-5-9-18)26-27-23(28)19-14-12-17(13-15-19)16-29-24-25-21-10-6-7-11-22(21)30-24/h3-15H,2,16H2,1H3,(H,27,28)/b26-20+. The number of aromatic nitrogens is 1. The van der Waals surface area contributed by atoms with Crippen molar-refractivity contribution in [3.8, 4) is 0 Å². The van der Waals surface area contributed by atoms with Crippen LogP contribution in [0.4, 0.5) is 0 Å². The number of amides is 1. The zero-order chi connectivity index (χ0) is 20.8. The zero-order valence-electron chi connectivity index (χ0n) is 16.5. The number of thioether (sulfide) groups is 1. The lowest BCUT2D eigenvalue weighted by Gasteiger charge is -2.06. The highest BCUT2D eigenvalue weighted by molar-refractivity contribution is 8.00. The molecule has 0 atom stereocenters. The first kappa shape index (κ1) is 20.3. The molecule has 4 nitrogen and oxygen atoms in total. The van der Waals surface area contributed by atoms with Gasteiger partial charge in [0.05, 0.1) is 15.9 Å². The maximum Gasteiger partial charge on any atom is 0.271 e. The quantitative estimate of drug-likeness (QED) is 0.217. The van der Waals surface area contributed by atoms with E-state index in [4.69, 9.17) is 0 Å². The van der Waals surface area contributed by atoms with Crippen molar-refractivity contribution in [2.75, 3.05) is 0 Å². The van der Waals surface area contributed by atoms with Gasteiger partial charge in [0.2, 0.25) is 0 Å². The minimum absolute atomic E-state index is 0.206. The van der Waals surface area contributed by atoms with E-state index in [-0.39, 0.29) is 5.91 Å². The summed E-state index contributed by atoms with van der Waals surface area (Å²) in [5, 5.41) is 4.31. The van der Waals surface area contributed by atoms with Gasteiger partial charge in [-0.25, -0.2) is 10.4 Å². The number of rotatable bonds is 7. The smallest absolute Gasteiger partial charge is 0.267 e. The van der Waals surface area contributed by atoms with Gasteiger partial charge < -0.3 is 0 Å². The normalized spacial score (nSPS) is 11.6. The molecule has 6 heteroatoms. The van der Waals surface area contributed by atoms with Gasteiger partial charge >= 0.3 is 0 Å². The largest absolute Gasteiger partial charge is 0.271 e. The molecule has 0 radical (unpaired) electrons. The van der Waals surface area contributed by atoms with Crippen LogP contribution in [0.1, 0.15) is 34.8 Å². The Morgan fingerprint density at radius 1 is 0.967 bits per heavy atom. The minimum Gasteiger partial charge on any atom is -0.267 e. The summed E-state index contributed by atoms with van der Waals surface area (Å²) in [4.78, 5) is 17.1. The minimum atomic E-state index is -0.206. The fourth-order valence-electron chi connectivity index (χ4n) is 2.97. The summed E-state index contributed by atoms with van der Waals surface area (Å²) in [7, 11) is 0. The third-order valence-corrected chi connectivity index (χ3v) is 6.84. The summed E-state index contributed by atoms with van der Waals surface area (Å²) in [5.74, 6) is 0.607. The second-order valence-corrected chi connectivity index (χ2v) is 8.91. The van der Waals surface area contributed by atoms with Crippen molar-refractivity contribution in [1.82, 2.24) is 10.4 Å². The van der Waals surface area contributed by atoms with E-state index in [0.717, 1.165) is 38.9 Å². The van der Waals surface area contributed by atoms with Crippen LogP contribution in [0.3, 0.4) is 0 Å². The summed E-state index contributed by atoms with van der Waals surface area (Å²) in [6, 6.07) is 25.7. The molecule has 0 aliphatic heterocycles. The number of benzene rings is 3. The van der Waals surface area contributed by atoms with Crippen molar-refractivity contribution in [3.63, 3.8) is 0 Å². The maximum atomic E-state index is 12.5. The van der Waals surface area contributed by atoms with Crippen molar-refractivity contribution in [3.05, 3.63) is 95.6 Å². The molecule has 0 saturated heterocycles. The third-order valence-electron chi connectivity index (χ3n) is 4.59. The van der Waals surface area contributed by atoms with Gasteiger partial charge in [-0.3, -0.25) is 4.79 Å². The van der Waals surface area contributed by atoms with Gasteiger partial charge in [-0.05, 0) is 41.8 Å². The number of hydrazone groups is 1.